The molecule has 2 heterocycles. The molecule has 0 atom stereocenters. The van der Waals surface area contributed by atoms with Gasteiger partial charge < -0.3 is 19.0 Å². The summed E-state index contributed by atoms with van der Waals surface area (Å²) in [5.41, 5.74) is -0.486. The first-order valence-corrected chi connectivity index (χ1v) is 9.11. The molecule has 0 saturated carbocycles. The van der Waals surface area contributed by atoms with E-state index >= 15 is 0 Å². The Morgan fingerprint density at radius 3 is 2.50 bits per heavy atom. The van der Waals surface area contributed by atoms with Crippen molar-refractivity contribution in [3.8, 4) is 0 Å². The van der Waals surface area contributed by atoms with E-state index in [1.54, 1.807) is 24.1 Å². The first kappa shape index (κ1) is 20.1. The van der Waals surface area contributed by atoms with Gasteiger partial charge in [-0.15, -0.1) is 0 Å². The number of furan rings is 1. The van der Waals surface area contributed by atoms with Crippen LogP contribution in [-0.4, -0.2) is 54.1 Å². The van der Waals surface area contributed by atoms with Crippen LogP contribution in [0.1, 0.15) is 45.1 Å². The van der Waals surface area contributed by atoms with E-state index in [1.807, 2.05) is 44.7 Å². The molecule has 1 aromatic heterocycles. The fraction of sp³-hybridized carbons (Fsp3) is 0.600. The number of ether oxygens (including phenoxy) is 1. The van der Waals surface area contributed by atoms with Gasteiger partial charge in [0, 0.05) is 32.8 Å². The second-order valence-corrected chi connectivity index (χ2v) is 7.91. The van der Waals surface area contributed by atoms with Gasteiger partial charge in [-0.05, 0) is 64.7 Å². The number of carbonyl (C=O) groups is 2. The number of rotatable bonds is 4. The van der Waals surface area contributed by atoms with Crippen LogP contribution < -0.4 is 0 Å². The standard InChI is InChI=1S/C20H30N2O4/c1-15-6-7-17(25-15)8-9-18(23)22-12-10-16(11-13-22)14-21(5)19(24)26-20(2,3)4/h6-9,16H,10-14H2,1-5H3. The highest BCUT2D eigenvalue weighted by atomic mass is 16.6. The van der Waals surface area contributed by atoms with E-state index in [9.17, 15) is 9.59 Å². The van der Waals surface area contributed by atoms with Crippen molar-refractivity contribution >= 4 is 18.1 Å². The summed E-state index contributed by atoms with van der Waals surface area (Å²) < 4.78 is 10.8. The van der Waals surface area contributed by atoms with Crippen molar-refractivity contribution in [3.63, 3.8) is 0 Å². The Balaban J connectivity index is 1.77. The average Bonchev–Trinajstić information content (AvgIpc) is 2.97. The van der Waals surface area contributed by atoms with Crippen molar-refractivity contribution in [2.24, 2.45) is 5.92 Å². The Bertz CT molecular complexity index is 649. The van der Waals surface area contributed by atoms with E-state index in [0.717, 1.165) is 18.6 Å². The van der Waals surface area contributed by atoms with Gasteiger partial charge >= 0.3 is 6.09 Å². The highest BCUT2D eigenvalue weighted by molar-refractivity contribution is 5.91. The largest absolute Gasteiger partial charge is 0.462 e. The number of likely N-dealkylation sites (tertiary alicyclic amines) is 1. The zero-order valence-electron chi connectivity index (χ0n) is 16.4. The third kappa shape index (κ3) is 6.24. The van der Waals surface area contributed by atoms with Gasteiger partial charge in [-0.3, -0.25) is 4.79 Å². The monoisotopic (exact) mass is 362 g/mol. The molecule has 0 spiro atoms. The van der Waals surface area contributed by atoms with Crippen molar-refractivity contribution in [3.05, 3.63) is 29.7 Å². The minimum absolute atomic E-state index is 0.00185. The second-order valence-electron chi connectivity index (χ2n) is 7.91. The maximum absolute atomic E-state index is 12.3. The Hall–Kier alpha value is -2.24. The van der Waals surface area contributed by atoms with E-state index in [2.05, 4.69) is 0 Å². The molecule has 0 aromatic carbocycles. The van der Waals surface area contributed by atoms with Crippen LogP contribution in [-0.2, 0) is 9.53 Å². The molecule has 0 unspecified atom stereocenters. The summed E-state index contributed by atoms with van der Waals surface area (Å²) in [4.78, 5) is 27.8. The summed E-state index contributed by atoms with van der Waals surface area (Å²) in [5.74, 6) is 1.89. The number of nitrogens with zero attached hydrogens (tertiary/aromatic N) is 2. The van der Waals surface area contributed by atoms with Gasteiger partial charge in [0.05, 0.1) is 0 Å². The van der Waals surface area contributed by atoms with Crippen LogP contribution in [0.3, 0.4) is 0 Å². The van der Waals surface area contributed by atoms with Gasteiger partial charge in [-0.2, -0.15) is 0 Å². The van der Waals surface area contributed by atoms with Crippen LogP contribution in [0.15, 0.2) is 22.6 Å². The number of hydrogen-bond donors (Lipinski definition) is 0. The molecule has 0 N–H and O–H groups in total. The van der Waals surface area contributed by atoms with Crippen molar-refractivity contribution in [1.29, 1.82) is 0 Å². The zero-order chi connectivity index (χ0) is 19.3. The summed E-state index contributed by atoms with van der Waals surface area (Å²) in [6, 6.07) is 3.72. The quantitative estimate of drug-likeness (QED) is 0.766. The van der Waals surface area contributed by atoms with E-state index in [0.29, 0.717) is 31.3 Å². The van der Waals surface area contributed by atoms with Crippen LogP contribution in [0, 0.1) is 12.8 Å². The normalized spacial score (nSPS) is 16.1. The molecule has 1 aromatic rings. The molecule has 6 heteroatoms. The molecule has 1 fully saturated rings. The smallest absolute Gasteiger partial charge is 0.410 e. The Kier molecular flexibility index (Phi) is 6.51. The minimum Gasteiger partial charge on any atom is -0.462 e. The van der Waals surface area contributed by atoms with E-state index < -0.39 is 5.60 Å². The molecule has 0 aliphatic carbocycles. The van der Waals surface area contributed by atoms with Gasteiger partial charge in [0.2, 0.25) is 5.91 Å². The number of carbonyl (C=O) groups excluding carboxylic acids is 2. The van der Waals surface area contributed by atoms with E-state index in [4.69, 9.17) is 9.15 Å². The highest BCUT2D eigenvalue weighted by Crippen LogP contribution is 2.20. The van der Waals surface area contributed by atoms with Crippen molar-refractivity contribution in [2.45, 2.75) is 46.1 Å². The van der Waals surface area contributed by atoms with Crippen LogP contribution in [0.2, 0.25) is 0 Å². The summed E-state index contributed by atoms with van der Waals surface area (Å²) in [6.07, 6.45) is 4.73. The predicted molar refractivity (Wildman–Crippen MR) is 101 cm³/mol. The molecule has 1 aliphatic rings. The first-order chi connectivity index (χ1) is 12.1. The SMILES string of the molecule is Cc1ccc(C=CC(=O)N2CCC(CN(C)C(=O)OC(C)(C)C)CC2)o1. The third-order valence-electron chi connectivity index (χ3n) is 4.31. The van der Waals surface area contributed by atoms with Gasteiger partial charge in [0.25, 0.3) is 0 Å². The topological polar surface area (TPSA) is 63.0 Å². The molecule has 6 nitrogen and oxygen atoms in total. The Morgan fingerprint density at radius 1 is 1.31 bits per heavy atom. The van der Waals surface area contributed by atoms with Gasteiger partial charge in [0.1, 0.15) is 17.1 Å². The lowest BCUT2D eigenvalue weighted by Gasteiger charge is -2.34. The van der Waals surface area contributed by atoms with Crippen LogP contribution in [0.4, 0.5) is 4.79 Å². The third-order valence-corrected chi connectivity index (χ3v) is 4.31. The first-order valence-electron chi connectivity index (χ1n) is 9.11. The lowest BCUT2D eigenvalue weighted by molar-refractivity contribution is -0.127. The molecule has 2 amide bonds. The predicted octanol–water partition coefficient (Wildman–Crippen LogP) is 3.71. The minimum atomic E-state index is -0.486. The number of aryl methyl sites for hydroxylation is 1. The summed E-state index contributed by atoms with van der Waals surface area (Å²) >= 11 is 0. The van der Waals surface area contributed by atoms with Crippen LogP contribution in [0.25, 0.3) is 6.08 Å². The molecule has 1 saturated heterocycles. The lowest BCUT2D eigenvalue weighted by Crippen LogP contribution is -2.42. The molecule has 2 rings (SSSR count). The highest BCUT2D eigenvalue weighted by Gasteiger charge is 2.26. The molecule has 0 radical (unpaired) electrons. The maximum atomic E-state index is 12.3. The molecule has 144 valence electrons. The number of amides is 2. The van der Waals surface area contributed by atoms with Crippen molar-refractivity contribution < 1.29 is 18.7 Å². The fourth-order valence-electron chi connectivity index (χ4n) is 2.94. The molecule has 26 heavy (non-hydrogen) atoms. The van der Waals surface area contributed by atoms with Gasteiger partial charge in [0.15, 0.2) is 0 Å². The number of piperidine rings is 1. The Morgan fingerprint density at radius 2 is 1.96 bits per heavy atom. The molecule has 1 aliphatic heterocycles. The Labute approximate surface area is 155 Å². The molecule has 0 bridgehead atoms. The maximum Gasteiger partial charge on any atom is 0.410 e. The lowest BCUT2D eigenvalue weighted by atomic mass is 9.96. The van der Waals surface area contributed by atoms with E-state index in [1.165, 1.54) is 0 Å². The summed E-state index contributed by atoms with van der Waals surface area (Å²) in [7, 11) is 1.76. The number of hydrogen-bond acceptors (Lipinski definition) is 4. The summed E-state index contributed by atoms with van der Waals surface area (Å²) in [5, 5.41) is 0. The zero-order valence-corrected chi connectivity index (χ0v) is 16.4. The molecular formula is C20H30N2O4. The van der Waals surface area contributed by atoms with Gasteiger partial charge in [-0.25, -0.2) is 4.79 Å². The summed E-state index contributed by atoms with van der Waals surface area (Å²) in [6.45, 7) is 9.51. The van der Waals surface area contributed by atoms with E-state index in [-0.39, 0.29) is 12.0 Å². The van der Waals surface area contributed by atoms with Crippen molar-refractivity contribution in [2.75, 3.05) is 26.7 Å². The average molecular weight is 362 g/mol. The fourth-order valence-corrected chi connectivity index (χ4v) is 2.94. The van der Waals surface area contributed by atoms with Crippen LogP contribution in [0.5, 0.6) is 0 Å². The second kappa shape index (κ2) is 8.43. The van der Waals surface area contributed by atoms with Crippen LogP contribution >= 0.6 is 0 Å². The van der Waals surface area contributed by atoms with Gasteiger partial charge in [-0.1, -0.05) is 0 Å². The molecular weight excluding hydrogens is 332 g/mol. The van der Waals surface area contributed by atoms with Crippen molar-refractivity contribution in [1.82, 2.24) is 9.80 Å².